The lowest BCUT2D eigenvalue weighted by Gasteiger charge is -2.47. The molecular weight excluding hydrogens is 258 g/mol. The highest BCUT2D eigenvalue weighted by Gasteiger charge is 2.45. The number of para-hydroxylation sites is 1. The molecule has 2 aliphatic rings. The maximum atomic E-state index is 11.8. The van der Waals surface area contributed by atoms with E-state index in [-0.39, 0.29) is 12.0 Å². The van der Waals surface area contributed by atoms with Crippen LogP contribution in [0.5, 0.6) is 5.75 Å². The lowest BCUT2D eigenvalue weighted by Crippen LogP contribution is -2.51. The Hall–Kier alpha value is -1.75. The molecule has 0 spiro atoms. The molecule has 20 heavy (non-hydrogen) atoms. The first kappa shape index (κ1) is 13.2. The van der Waals surface area contributed by atoms with Crippen LogP contribution in [0.1, 0.15) is 17.9 Å². The van der Waals surface area contributed by atoms with Crippen molar-refractivity contribution in [3.8, 4) is 5.75 Å². The fraction of sp³-hybridized carbons (Fsp3) is 0.533. The van der Waals surface area contributed by atoms with E-state index in [9.17, 15) is 9.90 Å². The molecule has 3 unspecified atom stereocenters. The zero-order valence-corrected chi connectivity index (χ0v) is 11.7. The highest BCUT2D eigenvalue weighted by Crippen LogP contribution is 2.47. The summed E-state index contributed by atoms with van der Waals surface area (Å²) in [5.41, 5.74) is 1.73. The van der Waals surface area contributed by atoms with Crippen molar-refractivity contribution >= 4 is 11.7 Å². The molecule has 1 aromatic rings. The minimum absolute atomic E-state index is 0.00847. The Bertz CT molecular complexity index is 531. The van der Waals surface area contributed by atoms with E-state index in [0.29, 0.717) is 13.2 Å². The number of carbonyl (C=O) groups is 1. The summed E-state index contributed by atoms with van der Waals surface area (Å²) in [7, 11) is 3.64. The lowest BCUT2D eigenvalue weighted by atomic mass is 9.75. The van der Waals surface area contributed by atoms with E-state index in [1.54, 1.807) is 7.11 Å². The molecule has 0 aromatic heterocycles. The van der Waals surface area contributed by atoms with Crippen molar-refractivity contribution in [2.45, 2.75) is 18.4 Å². The van der Waals surface area contributed by atoms with Crippen molar-refractivity contribution in [2.24, 2.45) is 5.92 Å². The van der Waals surface area contributed by atoms with Gasteiger partial charge in [0.2, 0.25) is 0 Å². The molecule has 3 rings (SSSR count). The molecule has 2 heterocycles. The minimum atomic E-state index is -0.784. The van der Waals surface area contributed by atoms with Crippen LogP contribution >= 0.6 is 0 Å². The Kier molecular flexibility index (Phi) is 3.30. The highest BCUT2D eigenvalue weighted by molar-refractivity contribution is 5.83. The third-order valence-electron chi connectivity index (χ3n) is 4.49. The van der Waals surface area contributed by atoms with E-state index in [1.165, 1.54) is 0 Å². The largest absolute Gasteiger partial charge is 0.495 e. The van der Waals surface area contributed by atoms with Crippen molar-refractivity contribution in [3.05, 3.63) is 23.8 Å². The molecule has 0 bridgehead atoms. The summed E-state index contributed by atoms with van der Waals surface area (Å²) in [6, 6.07) is 5.81. The number of hydrogen-bond acceptors (Lipinski definition) is 4. The van der Waals surface area contributed by atoms with Crippen LogP contribution in [0.25, 0.3) is 0 Å². The Morgan fingerprint density at radius 1 is 1.50 bits per heavy atom. The molecule has 108 valence electrons. The molecule has 5 nitrogen and oxygen atoms in total. The smallest absolute Gasteiger partial charge is 0.311 e. The Labute approximate surface area is 118 Å². The van der Waals surface area contributed by atoms with E-state index < -0.39 is 11.9 Å². The average molecular weight is 277 g/mol. The number of aliphatic carboxylic acids is 1. The van der Waals surface area contributed by atoms with E-state index in [1.807, 2.05) is 25.2 Å². The maximum Gasteiger partial charge on any atom is 0.311 e. The molecule has 1 N–H and O–H groups in total. The molecule has 0 saturated carbocycles. The number of methoxy groups -OCH3 is 1. The summed E-state index contributed by atoms with van der Waals surface area (Å²) >= 11 is 0. The van der Waals surface area contributed by atoms with Gasteiger partial charge < -0.3 is 19.5 Å². The van der Waals surface area contributed by atoms with Gasteiger partial charge in [0.1, 0.15) is 5.75 Å². The topological polar surface area (TPSA) is 59.0 Å². The van der Waals surface area contributed by atoms with Crippen molar-refractivity contribution in [1.82, 2.24) is 0 Å². The molecular formula is C15H19NO4. The first-order valence-corrected chi connectivity index (χ1v) is 6.85. The van der Waals surface area contributed by atoms with Crippen LogP contribution in [-0.4, -0.2) is 44.5 Å². The average Bonchev–Trinajstić information content (AvgIpc) is 2.46. The van der Waals surface area contributed by atoms with Crippen LogP contribution in [0.15, 0.2) is 18.2 Å². The highest BCUT2D eigenvalue weighted by atomic mass is 16.5. The number of rotatable bonds is 2. The number of carboxylic acids is 1. The van der Waals surface area contributed by atoms with Crippen molar-refractivity contribution < 1.29 is 19.4 Å². The Morgan fingerprint density at radius 2 is 2.30 bits per heavy atom. The SMILES string of the molecule is COc1cccc2c1N(C)C1CCOCC1C2C(=O)O. The van der Waals surface area contributed by atoms with Gasteiger partial charge in [-0.1, -0.05) is 12.1 Å². The quantitative estimate of drug-likeness (QED) is 0.892. The predicted molar refractivity (Wildman–Crippen MR) is 74.5 cm³/mol. The number of ether oxygens (including phenoxy) is 2. The second-order valence-corrected chi connectivity index (χ2v) is 5.42. The summed E-state index contributed by atoms with van der Waals surface area (Å²) in [4.78, 5) is 13.9. The first-order chi connectivity index (χ1) is 9.65. The fourth-order valence-electron chi connectivity index (χ4n) is 3.59. The van der Waals surface area contributed by atoms with Gasteiger partial charge in [-0.2, -0.15) is 0 Å². The van der Waals surface area contributed by atoms with Crippen LogP contribution in [0.2, 0.25) is 0 Å². The molecule has 0 amide bonds. The summed E-state index contributed by atoms with van der Waals surface area (Å²) in [5, 5.41) is 9.66. The molecule has 2 aliphatic heterocycles. The molecule has 1 saturated heterocycles. The van der Waals surface area contributed by atoms with Gasteiger partial charge in [0.15, 0.2) is 0 Å². The van der Waals surface area contributed by atoms with Gasteiger partial charge >= 0.3 is 5.97 Å². The van der Waals surface area contributed by atoms with Crippen LogP contribution in [0.4, 0.5) is 5.69 Å². The van der Waals surface area contributed by atoms with E-state index >= 15 is 0 Å². The van der Waals surface area contributed by atoms with E-state index in [4.69, 9.17) is 9.47 Å². The molecule has 0 radical (unpaired) electrons. The van der Waals surface area contributed by atoms with Crippen LogP contribution in [0.3, 0.4) is 0 Å². The van der Waals surface area contributed by atoms with E-state index in [0.717, 1.165) is 23.4 Å². The summed E-state index contributed by atoms with van der Waals surface area (Å²) in [5.74, 6) is -0.582. The van der Waals surface area contributed by atoms with E-state index in [2.05, 4.69) is 4.90 Å². The second-order valence-electron chi connectivity index (χ2n) is 5.42. The molecule has 5 heteroatoms. The molecule has 1 aromatic carbocycles. The molecule has 3 atom stereocenters. The van der Waals surface area contributed by atoms with Gasteiger partial charge in [-0.3, -0.25) is 4.79 Å². The third kappa shape index (κ3) is 1.85. The summed E-state index contributed by atoms with van der Waals surface area (Å²) in [6.45, 7) is 1.19. The molecule has 1 fully saturated rings. The fourth-order valence-corrected chi connectivity index (χ4v) is 3.59. The maximum absolute atomic E-state index is 11.8. The third-order valence-corrected chi connectivity index (χ3v) is 4.49. The van der Waals surface area contributed by atoms with Gasteiger partial charge in [0, 0.05) is 25.6 Å². The standard InChI is InChI=1S/C15H19NO4/c1-16-11-6-7-20-8-10(11)13(15(17)18)9-4-3-5-12(19-2)14(9)16/h3-5,10-11,13H,6-8H2,1-2H3,(H,17,18). The van der Waals surface area contributed by atoms with Gasteiger partial charge in [0.05, 0.1) is 25.3 Å². The Balaban J connectivity index is 2.16. The zero-order chi connectivity index (χ0) is 14.3. The Morgan fingerprint density at radius 3 is 3.00 bits per heavy atom. The number of hydrogen-bond donors (Lipinski definition) is 1. The monoisotopic (exact) mass is 277 g/mol. The normalized spacial score (nSPS) is 28.5. The number of carboxylic acid groups (broad SMARTS) is 1. The van der Waals surface area contributed by atoms with Gasteiger partial charge in [-0.05, 0) is 18.1 Å². The number of benzene rings is 1. The van der Waals surface area contributed by atoms with Gasteiger partial charge in [0.25, 0.3) is 0 Å². The number of nitrogens with zero attached hydrogens (tertiary/aromatic N) is 1. The zero-order valence-electron chi connectivity index (χ0n) is 11.7. The van der Waals surface area contributed by atoms with Gasteiger partial charge in [-0.15, -0.1) is 0 Å². The van der Waals surface area contributed by atoms with Crippen LogP contribution < -0.4 is 9.64 Å². The first-order valence-electron chi connectivity index (χ1n) is 6.85. The predicted octanol–water partition coefficient (Wildman–Crippen LogP) is 1.72. The van der Waals surface area contributed by atoms with Crippen LogP contribution in [-0.2, 0) is 9.53 Å². The second kappa shape index (κ2) is 4.98. The lowest BCUT2D eigenvalue weighted by molar-refractivity contribution is -0.142. The minimum Gasteiger partial charge on any atom is -0.495 e. The van der Waals surface area contributed by atoms with Gasteiger partial charge in [-0.25, -0.2) is 0 Å². The summed E-state index contributed by atoms with van der Waals surface area (Å²) < 4.78 is 10.9. The van der Waals surface area contributed by atoms with Crippen LogP contribution in [0, 0.1) is 5.92 Å². The number of anilines is 1. The molecule has 0 aliphatic carbocycles. The van der Waals surface area contributed by atoms with Crippen molar-refractivity contribution in [1.29, 1.82) is 0 Å². The summed E-state index contributed by atoms with van der Waals surface area (Å²) in [6.07, 6.45) is 0.850. The van der Waals surface area contributed by atoms with Crippen molar-refractivity contribution in [3.63, 3.8) is 0 Å². The number of fused-ring (bicyclic) bond motifs is 2. The van der Waals surface area contributed by atoms with Crippen molar-refractivity contribution in [2.75, 3.05) is 32.3 Å².